The van der Waals surface area contributed by atoms with E-state index in [1.54, 1.807) is 18.2 Å². The predicted molar refractivity (Wildman–Crippen MR) is 123 cm³/mol. The largest absolute Gasteiger partial charge is 0.384 e. The molecule has 31 heavy (non-hydrogen) atoms. The third-order valence-electron chi connectivity index (χ3n) is 4.87. The molecule has 0 bridgehead atoms. The Morgan fingerprint density at radius 1 is 1.03 bits per heavy atom. The first-order valence-electron chi connectivity index (χ1n) is 10.2. The lowest BCUT2D eigenvalue weighted by molar-refractivity contribution is 0.384. The number of aromatic nitrogens is 2. The minimum absolute atomic E-state index is 0.207. The Morgan fingerprint density at radius 2 is 1.74 bits per heavy atom. The molecule has 3 aromatic rings. The highest BCUT2D eigenvalue weighted by Crippen LogP contribution is 2.27. The van der Waals surface area contributed by atoms with E-state index >= 15 is 0 Å². The van der Waals surface area contributed by atoms with Crippen molar-refractivity contribution in [1.29, 1.82) is 0 Å². The molecule has 166 valence electrons. The Kier molecular flexibility index (Phi) is 6.97. The average molecular weight is 444 g/mol. The Balaban J connectivity index is 1.79. The van der Waals surface area contributed by atoms with Crippen molar-refractivity contribution in [2.45, 2.75) is 38.1 Å². The molecule has 0 saturated heterocycles. The SMILES string of the molecule is CCNc1ccc(S(=O)(=O)N(C)C)cc1NCc1nc(-c2ccc(C(C)C)cc2)no1. The van der Waals surface area contributed by atoms with E-state index in [2.05, 4.69) is 46.8 Å². The van der Waals surface area contributed by atoms with Crippen LogP contribution in [-0.2, 0) is 16.6 Å². The van der Waals surface area contributed by atoms with Gasteiger partial charge in [-0.2, -0.15) is 4.98 Å². The van der Waals surface area contributed by atoms with Crippen LogP contribution in [0.5, 0.6) is 0 Å². The van der Waals surface area contributed by atoms with Crippen molar-refractivity contribution in [1.82, 2.24) is 14.4 Å². The minimum atomic E-state index is -3.54. The standard InChI is InChI=1S/C22H29N5O3S/c1-6-23-19-12-11-18(31(28,29)27(4)5)13-20(19)24-14-21-25-22(26-30-21)17-9-7-16(8-10-17)15(2)3/h7-13,15,23-24H,6,14H2,1-5H3. The van der Waals surface area contributed by atoms with Crippen LogP contribution >= 0.6 is 0 Å². The molecule has 0 spiro atoms. The number of sulfonamides is 1. The Morgan fingerprint density at radius 3 is 2.35 bits per heavy atom. The second-order valence-electron chi connectivity index (χ2n) is 7.67. The first-order chi connectivity index (χ1) is 14.7. The third kappa shape index (κ3) is 5.23. The summed E-state index contributed by atoms with van der Waals surface area (Å²) in [5.74, 6) is 1.38. The van der Waals surface area contributed by atoms with Crippen LogP contribution < -0.4 is 10.6 Å². The zero-order valence-electron chi connectivity index (χ0n) is 18.5. The van der Waals surface area contributed by atoms with E-state index in [4.69, 9.17) is 4.52 Å². The summed E-state index contributed by atoms with van der Waals surface area (Å²) in [7, 11) is -0.525. The molecular formula is C22H29N5O3S. The summed E-state index contributed by atoms with van der Waals surface area (Å²) in [6.07, 6.45) is 0. The van der Waals surface area contributed by atoms with Crippen molar-refractivity contribution in [3.8, 4) is 11.4 Å². The van der Waals surface area contributed by atoms with Crippen molar-refractivity contribution < 1.29 is 12.9 Å². The molecule has 3 rings (SSSR count). The molecule has 1 heterocycles. The first-order valence-corrected chi connectivity index (χ1v) is 11.6. The Bertz CT molecular complexity index is 1120. The summed E-state index contributed by atoms with van der Waals surface area (Å²) >= 11 is 0. The van der Waals surface area contributed by atoms with Crippen LogP contribution in [0.4, 0.5) is 11.4 Å². The maximum atomic E-state index is 12.5. The van der Waals surface area contributed by atoms with Crippen LogP contribution in [0.2, 0.25) is 0 Å². The molecular weight excluding hydrogens is 414 g/mol. The van der Waals surface area contributed by atoms with Gasteiger partial charge in [0.25, 0.3) is 0 Å². The quantitative estimate of drug-likeness (QED) is 0.512. The fraction of sp³-hybridized carbons (Fsp3) is 0.364. The van der Waals surface area contributed by atoms with E-state index in [-0.39, 0.29) is 11.4 Å². The second kappa shape index (κ2) is 9.49. The molecule has 9 heteroatoms. The zero-order chi connectivity index (χ0) is 22.6. The molecule has 0 radical (unpaired) electrons. The van der Waals surface area contributed by atoms with E-state index in [1.165, 1.54) is 24.0 Å². The lowest BCUT2D eigenvalue weighted by atomic mass is 10.0. The molecule has 0 aliphatic carbocycles. The maximum absolute atomic E-state index is 12.5. The predicted octanol–water partition coefficient (Wildman–Crippen LogP) is 4.15. The van der Waals surface area contributed by atoms with Gasteiger partial charge in [-0.1, -0.05) is 43.3 Å². The second-order valence-corrected chi connectivity index (χ2v) is 9.82. The Labute approximate surface area is 183 Å². The number of rotatable bonds is 9. The summed E-state index contributed by atoms with van der Waals surface area (Å²) in [5.41, 5.74) is 3.57. The maximum Gasteiger partial charge on any atom is 0.246 e. The van der Waals surface area contributed by atoms with E-state index in [1.807, 2.05) is 19.1 Å². The molecule has 0 saturated carbocycles. The summed E-state index contributed by atoms with van der Waals surface area (Å²) < 4.78 is 31.6. The van der Waals surface area contributed by atoms with Gasteiger partial charge >= 0.3 is 0 Å². The van der Waals surface area contributed by atoms with Crippen LogP contribution in [-0.4, -0.2) is 43.5 Å². The number of benzene rings is 2. The lowest BCUT2D eigenvalue weighted by Gasteiger charge is -2.16. The summed E-state index contributed by atoms with van der Waals surface area (Å²) in [5, 5.41) is 10.5. The smallest absolute Gasteiger partial charge is 0.246 e. The molecule has 0 aliphatic heterocycles. The topological polar surface area (TPSA) is 100 Å². The van der Waals surface area contributed by atoms with Crippen molar-refractivity contribution in [2.24, 2.45) is 0 Å². The fourth-order valence-electron chi connectivity index (χ4n) is 3.02. The van der Waals surface area contributed by atoms with Gasteiger partial charge in [0.1, 0.15) is 0 Å². The third-order valence-corrected chi connectivity index (χ3v) is 6.68. The van der Waals surface area contributed by atoms with Gasteiger partial charge in [-0.15, -0.1) is 0 Å². The van der Waals surface area contributed by atoms with Crippen LogP contribution in [0.15, 0.2) is 51.9 Å². The van der Waals surface area contributed by atoms with Gasteiger partial charge in [0, 0.05) is 26.2 Å². The molecule has 0 fully saturated rings. The van der Waals surface area contributed by atoms with E-state index in [0.29, 0.717) is 29.9 Å². The number of hydrogen-bond acceptors (Lipinski definition) is 7. The molecule has 1 aromatic heterocycles. The van der Waals surface area contributed by atoms with E-state index < -0.39 is 10.0 Å². The van der Waals surface area contributed by atoms with Crippen LogP contribution in [0.3, 0.4) is 0 Å². The van der Waals surface area contributed by atoms with Gasteiger partial charge in [0.2, 0.25) is 21.7 Å². The number of hydrogen-bond donors (Lipinski definition) is 2. The first kappa shape index (κ1) is 22.8. The molecule has 2 aromatic carbocycles. The number of anilines is 2. The van der Waals surface area contributed by atoms with Gasteiger partial charge < -0.3 is 15.2 Å². The Hall–Kier alpha value is -2.91. The normalized spacial score (nSPS) is 11.8. The van der Waals surface area contributed by atoms with Crippen molar-refractivity contribution >= 4 is 21.4 Å². The van der Waals surface area contributed by atoms with Gasteiger partial charge in [0.05, 0.1) is 22.8 Å². The van der Waals surface area contributed by atoms with Gasteiger partial charge in [-0.3, -0.25) is 0 Å². The van der Waals surface area contributed by atoms with Crippen molar-refractivity contribution in [3.05, 3.63) is 53.9 Å². The molecule has 8 nitrogen and oxygen atoms in total. The number of nitrogens with zero attached hydrogens (tertiary/aromatic N) is 3. The molecule has 0 amide bonds. The van der Waals surface area contributed by atoms with Crippen LogP contribution in [0, 0.1) is 0 Å². The van der Waals surface area contributed by atoms with E-state index in [0.717, 1.165) is 11.3 Å². The summed E-state index contributed by atoms with van der Waals surface area (Å²) in [4.78, 5) is 4.66. The van der Waals surface area contributed by atoms with Gasteiger partial charge in [-0.25, -0.2) is 12.7 Å². The highest BCUT2D eigenvalue weighted by atomic mass is 32.2. The van der Waals surface area contributed by atoms with Gasteiger partial charge in [0.15, 0.2) is 0 Å². The lowest BCUT2D eigenvalue weighted by Crippen LogP contribution is -2.22. The zero-order valence-corrected chi connectivity index (χ0v) is 19.3. The summed E-state index contributed by atoms with van der Waals surface area (Å²) in [6, 6.07) is 13.0. The highest BCUT2D eigenvalue weighted by molar-refractivity contribution is 7.89. The molecule has 0 aliphatic rings. The monoisotopic (exact) mass is 443 g/mol. The van der Waals surface area contributed by atoms with Gasteiger partial charge in [-0.05, 0) is 36.6 Å². The van der Waals surface area contributed by atoms with Crippen LogP contribution in [0.25, 0.3) is 11.4 Å². The minimum Gasteiger partial charge on any atom is -0.384 e. The molecule has 0 unspecified atom stereocenters. The average Bonchev–Trinajstić information content (AvgIpc) is 3.22. The highest BCUT2D eigenvalue weighted by Gasteiger charge is 2.19. The fourth-order valence-corrected chi connectivity index (χ4v) is 3.95. The summed E-state index contributed by atoms with van der Waals surface area (Å²) in [6.45, 7) is 7.23. The molecule has 0 atom stereocenters. The van der Waals surface area contributed by atoms with Crippen LogP contribution in [0.1, 0.15) is 38.1 Å². The van der Waals surface area contributed by atoms with Crippen molar-refractivity contribution in [3.63, 3.8) is 0 Å². The van der Waals surface area contributed by atoms with E-state index in [9.17, 15) is 8.42 Å². The van der Waals surface area contributed by atoms with Crippen molar-refractivity contribution in [2.75, 3.05) is 31.3 Å². The molecule has 2 N–H and O–H groups in total. The number of nitrogens with one attached hydrogen (secondary N) is 2.